The van der Waals surface area contributed by atoms with E-state index in [1.54, 1.807) is 0 Å². The molecule has 5 heteroatoms. The third kappa shape index (κ3) is 4.92. The van der Waals surface area contributed by atoms with Crippen molar-refractivity contribution in [3.8, 4) is 0 Å². The van der Waals surface area contributed by atoms with Crippen LogP contribution in [-0.2, 0) is 9.53 Å². The zero-order valence-electron chi connectivity index (χ0n) is 11.3. The highest BCUT2D eigenvalue weighted by molar-refractivity contribution is 5.76. The van der Waals surface area contributed by atoms with Gasteiger partial charge in [-0.1, -0.05) is 19.3 Å². The molecule has 1 atom stereocenters. The standard InChI is InChI=1S/C13H26N2O3/c1-18-9-11(16)8-15-12(17)7-13(10-14)5-3-2-4-6-13/h11,16H,2-10,14H2,1H3,(H,15,17). The van der Waals surface area contributed by atoms with Gasteiger partial charge in [-0.15, -0.1) is 0 Å². The molecule has 4 N–H and O–H groups in total. The Morgan fingerprint density at radius 1 is 1.44 bits per heavy atom. The number of carbonyl (C=O) groups is 1. The minimum atomic E-state index is -0.640. The fourth-order valence-corrected chi connectivity index (χ4v) is 2.64. The average Bonchev–Trinajstić information content (AvgIpc) is 2.38. The summed E-state index contributed by atoms with van der Waals surface area (Å²) >= 11 is 0. The molecule has 1 saturated carbocycles. The zero-order chi connectivity index (χ0) is 13.4. The number of hydrogen-bond donors (Lipinski definition) is 3. The van der Waals surface area contributed by atoms with Crippen molar-refractivity contribution in [2.75, 3.05) is 26.8 Å². The molecule has 0 aromatic carbocycles. The highest BCUT2D eigenvalue weighted by Gasteiger charge is 2.32. The average molecular weight is 258 g/mol. The van der Waals surface area contributed by atoms with Gasteiger partial charge in [0.2, 0.25) is 5.91 Å². The number of amides is 1. The molecule has 0 spiro atoms. The molecular weight excluding hydrogens is 232 g/mol. The predicted octanol–water partition coefficient (Wildman–Crippen LogP) is 0.409. The number of hydrogen-bond acceptors (Lipinski definition) is 4. The highest BCUT2D eigenvalue weighted by Crippen LogP contribution is 2.38. The first-order chi connectivity index (χ1) is 8.62. The summed E-state index contributed by atoms with van der Waals surface area (Å²) in [6.07, 6.45) is 5.49. The monoisotopic (exact) mass is 258 g/mol. The molecule has 1 fully saturated rings. The molecule has 0 heterocycles. The lowest BCUT2D eigenvalue weighted by Crippen LogP contribution is -2.41. The summed E-state index contributed by atoms with van der Waals surface area (Å²) in [5.74, 6) is -0.0162. The van der Waals surface area contributed by atoms with Crippen molar-refractivity contribution in [2.45, 2.75) is 44.6 Å². The molecule has 1 amide bonds. The van der Waals surface area contributed by atoms with Gasteiger partial charge in [-0.2, -0.15) is 0 Å². The summed E-state index contributed by atoms with van der Waals surface area (Å²) in [5, 5.41) is 12.2. The lowest BCUT2D eigenvalue weighted by Gasteiger charge is -2.35. The Bertz CT molecular complexity index is 253. The van der Waals surface area contributed by atoms with E-state index in [9.17, 15) is 9.90 Å². The summed E-state index contributed by atoms with van der Waals surface area (Å²) in [6, 6.07) is 0. The van der Waals surface area contributed by atoms with Gasteiger partial charge in [0.05, 0.1) is 12.7 Å². The Morgan fingerprint density at radius 2 is 2.11 bits per heavy atom. The Hall–Kier alpha value is -0.650. The van der Waals surface area contributed by atoms with Gasteiger partial charge in [0.1, 0.15) is 0 Å². The van der Waals surface area contributed by atoms with Gasteiger partial charge in [0.15, 0.2) is 0 Å². The van der Waals surface area contributed by atoms with Gasteiger partial charge >= 0.3 is 0 Å². The van der Waals surface area contributed by atoms with Gasteiger partial charge in [0, 0.05) is 20.1 Å². The van der Waals surface area contributed by atoms with Crippen molar-refractivity contribution in [3.05, 3.63) is 0 Å². The van der Waals surface area contributed by atoms with E-state index < -0.39 is 6.10 Å². The van der Waals surface area contributed by atoms with E-state index in [1.807, 2.05) is 0 Å². The Kier molecular flexibility index (Phi) is 6.60. The summed E-state index contributed by atoms with van der Waals surface area (Å²) in [7, 11) is 1.52. The van der Waals surface area contributed by atoms with Crippen LogP contribution < -0.4 is 11.1 Å². The molecule has 106 valence electrons. The highest BCUT2D eigenvalue weighted by atomic mass is 16.5. The molecule has 0 aromatic rings. The van der Waals surface area contributed by atoms with Crippen LogP contribution in [-0.4, -0.2) is 43.9 Å². The van der Waals surface area contributed by atoms with E-state index in [0.29, 0.717) is 13.0 Å². The topological polar surface area (TPSA) is 84.6 Å². The quantitative estimate of drug-likeness (QED) is 0.617. The number of nitrogens with one attached hydrogen (secondary N) is 1. The number of ether oxygens (including phenoxy) is 1. The van der Waals surface area contributed by atoms with Crippen LogP contribution in [0.4, 0.5) is 0 Å². The number of methoxy groups -OCH3 is 1. The molecule has 5 nitrogen and oxygen atoms in total. The first kappa shape index (κ1) is 15.4. The number of aliphatic hydroxyl groups is 1. The third-order valence-electron chi connectivity index (χ3n) is 3.78. The summed E-state index contributed by atoms with van der Waals surface area (Å²) < 4.78 is 4.81. The maximum Gasteiger partial charge on any atom is 0.220 e. The van der Waals surface area contributed by atoms with E-state index in [-0.39, 0.29) is 24.5 Å². The first-order valence-corrected chi connectivity index (χ1v) is 6.76. The molecule has 0 aromatic heterocycles. The van der Waals surface area contributed by atoms with Crippen molar-refractivity contribution in [1.29, 1.82) is 0 Å². The fourth-order valence-electron chi connectivity index (χ4n) is 2.64. The van der Waals surface area contributed by atoms with Crippen LogP contribution in [0.3, 0.4) is 0 Å². The van der Waals surface area contributed by atoms with Gasteiger partial charge in [-0.25, -0.2) is 0 Å². The maximum absolute atomic E-state index is 11.9. The lowest BCUT2D eigenvalue weighted by molar-refractivity contribution is -0.124. The minimum Gasteiger partial charge on any atom is -0.389 e. The molecule has 0 aliphatic heterocycles. The van der Waals surface area contributed by atoms with Gasteiger partial charge in [-0.05, 0) is 24.8 Å². The summed E-state index contributed by atoms with van der Waals surface area (Å²) in [6.45, 7) is 1.05. The smallest absolute Gasteiger partial charge is 0.220 e. The first-order valence-electron chi connectivity index (χ1n) is 6.76. The van der Waals surface area contributed by atoms with Crippen LogP contribution in [0.5, 0.6) is 0 Å². The molecule has 1 unspecified atom stereocenters. The molecule has 0 radical (unpaired) electrons. The summed E-state index contributed by atoms with van der Waals surface area (Å²) in [4.78, 5) is 11.9. The van der Waals surface area contributed by atoms with Crippen LogP contribution in [0.25, 0.3) is 0 Å². The van der Waals surface area contributed by atoms with Crippen LogP contribution >= 0.6 is 0 Å². The van der Waals surface area contributed by atoms with Crippen molar-refractivity contribution in [3.63, 3.8) is 0 Å². The second-order valence-corrected chi connectivity index (χ2v) is 5.35. The summed E-state index contributed by atoms with van der Waals surface area (Å²) in [5.41, 5.74) is 5.82. The van der Waals surface area contributed by atoms with E-state index >= 15 is 0 Å². The predicted molar refractivity (Wildman–Crippen MR) is 70.1 cm³/mol. The van der Waals surface area contributed by atoms with Crippen LogP contribution in [0.2, 0.25) is 0 Å². The van der Waals surface area contributed by atoms with Crippen molar-refractivity contribution in [2.24, 2.45) is 11.1 Å². The van der Waals surface area contributed by atoms with E-state index in [2.05, 4.69) is 5.32 Å². The molecule has 1 rings (SSSR count). The van der Waals surface area contributed by atoms with Gasteiger partial charge in [0.25, 0.3) is 0 Å². The molecule has 1 aliphatic carbocycles. The van der Waals surface area contributed by atoms with E-state index in [0.717, 1.165) is 25.7 Å². The SMILES string of the molecule is COCC(O)CNC(=O)CC1(CN)CCCCC1. The molecule has 0 saturated heterocycles. The third-order valence-corrected chi connectivity index (χ3v) is 3.78. The zero-order valence-corrected chi connectivity index (χ0v) is 11.3. The molecule has 1 aliphatic rings. The number of nitrogens with two attached hydrogens (primary N) is 1. The second-order valence-electron chi connectivity index (χ2n) is 5.35. The Morgan fingerprint density at radius 3 is 2.67 bits per heavy atom. The lowest BCUT2D eigenvalue weighted by atomic mass is 9.71. The fraction of sp³-hybridized carbons (Fsp3) is 0.923. The molecule has 0 bridgehead atoms. The normalized spacial score (nSPS) is 20.4. The second kappa shape index (κ2) is 7.71. The van der Waals surface area contributed by atoms with E-state index in [4.69, 9.17) is 10.5 Å². The number of aliphatic hydroxyl groups excluding tert-OH is 1. The largest absolute Gasteiger partial charge is 0.389 e. The van der Waals surface area contributed by atoms with Crippen LogP contribution in [0.15, 0.2) is 0 Å². The Labute approximate surface area is 109 Å². The van der Waals surface area contributed by atoms with Crippen molar-refractivity contribution >= 4 is 5.91 Å². The molecule has 18 heavy (non-hydrogen) atoms. The number of carbonyl (C=O) groups excluding carboxylic acids is 1. The molecular formula is C13H26N2O3. The van der Waals surface area contributed by atoms with Gasteiger partial charge in [-0.3, -0.25) is 4.79 Å². The van der Waals surface area contributed by atoms with Crippen molar-refractivity contribution < 1.29 is 14.6 Å². The van der Waals surface area contributed by atoms with Gasteiger partial charge < -0.3 is 20.9 Å². The van der Waals surface area contributed by atoms with Crippen LogP contribution in [0.1, 0.15) is 38.5 Å². The van der Waals surface area contributed by atoms with Crippen LogP contribution in [0, 0.1) is 5.41 Å². The minimum absolute atomic E-state index is 0.0162. The van der Waals surface area contributed by atoms with E-state index in [1.165, 1.54) is 13.5 Å². The number of rotatable bonds is 7. The maximum atomic E-state index is 11.9. The Balaban J connectivity index is 2.33. The van der Waals surface area contributed by atoms with Crippen molar-refractivity contribution in [1.82, 2.24) is 5.32 Å².